The predicted molar refractivity (Wildman–Crippen MR) is 133 cm³/mol. The second-order valence-electron chi connectivity index (χ2n) is 7.91. The zero-order valence-electron chi connectivity index (χ0n) is 18.8. The predicted octanol–water partition coefficient (Wildman–Crippen LogP) is 6.32. The minimum Gasteiger partial charge on any atom is -0.266 e. The van der Waals surface area contributed by atoms with Gasteiger partial charge in [0.15, 0.2) is 5.69 Å². The Morgan fingerprint density at radius 1 is 0.972 bits per heavy atom. The van der Waals surface area contributed by atoms with E-state index >= 15 is 0 Å². The van der Waals surface area contributed by atoms with Crippen LogP contribution in [0, 0.1) is 0 Å². The highest BCUT2D eigenvalue weighted by Crippen LogP contribution is 2.34. The average Bonchev–Trinajstić information content (AvgIpc) is 3.55. The number of carbonyl (C=O) groups excluding carboxylic acids is 1. The number of amides is 1. The Kier molecular flexibility index (Phi) is 6.11. The first kappa shape index (κ1) is 23.4. The quantitative estimate of drug-likeness (QED) is 0.224. The first-order chi connectivity index (χ1) is 17.3. The summed E-state index contributed by atoms with van der Waals surface area (Å²) in [6.45, 7) is 1.75. The zero-order chi connectivity index (χ0) is 25.3. The van der Waals surface area contributed by atoms with Gasteiger partial charge in [0.1, 0.15) is 5.69 Å². The standard InChI is InChI=1S/C26H18F3N5OS/c1-16(17-7-3-2-4-8-17)31-32-24(35)21-15-36-25(30-21)34-22(14-23(33-34)26(27,28)29)20-12-11-18-9-5-6-10-19(18)13-20/h2-15H,1H3,(H,32,35)/b31-16+. The maximum absolute atomic E-state index is 13.5. The number of carbonyl (C=O) groups is 1. The number of nitrogens with one attached hydrogen (secondary N) is 1. The van der Waals surface area contributed by atoms with E-state index in [2.05, 4.69) is 20.6 Å². The first-order valence-electron chi connectivity index (χ1n) is 10.8. The van der Waals surface area contributed by atoms with Gasteiger partial charge in [0, 0.05) is 10.9 Å². The molecule has 0 radical (unpaired) electrons. The molecule has 180 valence electrons. The third-order valence-electron chi connectivity index (χ3n) is 5.47. The first-order valence-corrected chi connectivity index (χ1v) is 11.7. The van der Waals surface area contributed by atoms with Crippen molar-refractivity contribution in [3.05, 3.63) is 101 Å². The monoisotopic (exact) mass is 505 g/mol. The molecule has 2 heterocycles. The van der Waals surface area contributed by atoms with Gasteiger partial charge in [-0.15, -0.1) is 11.3 Å². The number of rotatable bonds is 5. The summed E-state index contributed by atoms with van der Waals surface area (Å²) in [5.74, 6) is -0.580. The Morgan fingerprint density at radius 3 is 2.44 bits per heavy atom. The van der Waals surface area contributed by atoms with E-state index in [-0.39, 0.29) is 16.5 Å². The molecule has 0 saturated carbocycles. The summed E-state index contributed by atoms with van der Waals surface area (Å²) in [5.41, 5.74) is 3.61. The van der Waals surface area contributed by atoms with Crippen molar-refractivity contribution in [2.45, 2.75) is 13.1 Å². The largest absolute Gasteiger partial charge is 0.435 e. The molecule has 36 heavy (non-hydrogen) atoms. The van der Waals surface area contributed by atoms with E-state index in [0.29, 0.717) is 11.3 Å². The number of nitrogens with zero attached hydrogens (tertiary/aromatic N) is 4. The Morgan fingerprint density at radius 2 is 1.69 bits per heavy atom. The normalized spacial score (nSPS) is 12.2. The fraction of sp³-hybridized carbons (Fsp3) is 0.0769. The summed E-state index contributed by atoms with van der Waals surface area (Å²) in [7, 11) is 0. The van der Waals surface area contributed by atoms with Crippen LogP contribution in [0.2, 0.25) is 0 Å². The summed E-state index contributed by atoms with van der Waals surface area (Å²) < 4.78 is 41.7. The lowest BCUT2D eigenvalue weighted by molar-refractivity contribution is -0.141. The van der Waals surface area contributed by atoms with E-state index in [1.165, 1.54) is 5.38 Å². The van der Waals surface area contributed by atoms with Crippen LogP contribution in [0.5, 0.6) is 0 Å². The molecule has 0 spiro atoms. The van der Waals surface area contributed by atoms with E-state index in [4.69, 9.17) is 0 Å². The fourth-order valence-electron chi connectivity index (χ4n) is 3.62. The third kappa shape index (κ3) is 4.76. The van der Waals surface area contributed by atoms with Crippen LogP contribution in [-0.4, -0.2) is 26.4 Å². The lowest BCUT2D eigenvalue weighted by Crippen LogP contribution is -2.19. The molecule has 1 amide bonds. The molecule has 2 aromatic heterocycles. The molecular formula is C26H18F3N5OS. The van der Waals surface area contributed by atoms with E-state index in [1.54, 1.807) is 19.1 Å². The lowest BCUT2D eigenvalue weighted by atomic mass is 10.0. The Labute approximate surface area is 207 Å². The van der Waals surface area contributed by atoms with Crippen molar-refractivity contribution >= 4 is 33.7 Å². The van der Waals surface area contributed by atoms with Gasteiger partial charge in [0.2, 0.25) is 5.13 Å². The number of alkyl halides is 3. The summed E-state index contributed by atoms with van der Waals surface area (Å²) in [5, 5.41) is 11.3. The van der Waals surface area contributed by atoms with E-state index < -0.39 is 17.8 Å². The molecule has 0 aliphatic rings. The lowest BCUT2D eigenvalue weighted by Gasteiger charge is -2.06. The summed E-state index contributed by atoms with van der Waals surface area (Å²) >= 11 is 1.01. The number of aromatic nitrogens is 3. The maximum atomic E-state index is 13.5. The van der Waals surface area contributed by atoms with Crippen molar-refractivity contribution in [3.8, 4) is 16.4 Å². The summed E-state index contributed by atoms with van der Waals surface area (Å²) in [6, 6.07) is 23.2. The Balaban J connectivity index is 1.48. The molecule has 0 aliphatic heterocycles. The van der Waals surface area contributed by atoms with Crippen molar-refractivity contribution in [1.82, 2.24) is 20.2 Å². The molecule has 0 fully saturated rings. The number of fused-ring (bicyclic) bond motifs is 1. The van der Waals surface area contributed by atoms with Gasteiger partial charge in [-0.3, -0.25) is 4.79 Å². The van der Waals surface area contributed by atoms with Gasteiger partial charge in [0.25, 0.3) is 5.91 Å². The Bertz CT molecular complexity index is 1590. The van der Waals surface area contributed by atoms with Crippen LogP contribution in [0.15, 0.2) is 89.3 Å². The molecule has 0 aliphatic carbocycles. The van der Waals surface area contributed by atoms with E-state index in [9.17, 15) is 18.0 Å². The second-order valence-corrected chi connectivity index (χ2v) is 8.74. The fourth-order valence-corrected chi connectivity index (χ4v) is 4.39. The number of hydrogen-bond donors (Lipinski definition) is 1. The molecule has 5 rings (SSSR count). The highest BCUT2D eigenvalue weighted by atomic mass is 32.1. The van der Waals surface area contributed by atoms with Gasteiger partial charge >= 0.3 is 6.18 Å². The molecule has 0 bridgehead atoms. The van der Waals surface area contributed by atoms with Gasteiger partial charge in [-0.05, 0) is 35.4 Å². The van der Waals surface area contributed by atoms with Crippen LogP contribution in [0.3, 0.4) is 0 Å². The molecule has 0 saturated heterocycles. The van der Waals surface area contributed by atoms with Gasteiger partial charge in [-0.25, -0.2) is 15.1 Å². The average molecular weight is 506 g/mol. The maximum Gasteiger partial charge on any atom is 0.435 e. The van der Waals surface area contributed by atoms with Crippen LogP contribution in [0.1, 0.15) is 28.7 Å². The van der Waals surface area contributed by atoms with E-state index in [1.807, 2.05) is 60.7 Å². The minimum absolute atomic E-state index is 0.0214. The van der Waals surface area contributed by atoms with Crippen LogP contribution in [0.4, 0.5) is 13.2 Å². The highest BCUT2D eigenvalue weighted by Gasteiger charge is 2.35. The molecule has 3 aromatic carbocycles. The molecule has 1 N–H and O–H groups in total. The smallest absolute Gasteiger partial charge is 0.266 e. The van der Waals surface area contributed by atoms with Crippen LogP contribution in [-0.2, 0) is 6.18 Å². The van der Waals surface area contributed by atoms with Crippen molar-refractivity contribution < 1.29 is 18.0 Å². The van der Waals surface area contributed by atoms with Crippen LogP contribution >= 0.6 is 11.3 Å². The SMILES string of the molecule is C/C(=N\NC(=O)c1csc(-n2nc(C(F)(F)F)cc2-c2ccc3ccccc3c2)n1)c1ccccc1. The van der Waals surface area contributed by atoms with Crippen LogP contribution in [0.25, 0.3) is 27.2 Å². The van der Waals surface area contributed by atoms with E-state index in [0.717, 1.165) is 38.4 Å². The molecule has 5 aromatic rings. The highest BCUT2D eigenvalue weighted by molar-refractivity contribution is 7.12. The van der Waals surface area contributed by atoms with Crippen molar-refractivity contribution in [3.63, 3.8) is 0 Å². The number of hydrazone groups is 1. The summed E-state index contributed by atoms with van der Waals surface area (Å²) in [6.07, 6.45) is -4.64. The van der Waals surface area contributed by atoms with Gasteiger partial charge in [0.05, 0.1) is 11.4 Å². The second kappa shape index (κ2) is 9.38. The van der Waals surface area contributed by atoms with Gasteiger partial charge < -0.3 is 0 Å². The van der Waals surface area contributed by atoms with Gasteiger partial charge in [-0.1, -0.05) is 66.7 Å². The number of halogens is 3. The Hall–Kier alpha value is -4.31. The molecular weight excluding hydrogens is 487 g/mol. The van der Waals surface area contributed by atoms with Crippen molar-refractivity contribution in [2.75, 3.05) is 0 Å². The number of benzene rings is 3. The molecule has 10 heteroatoms. The molecule has 0 unspecified atom stereocenters. The number of thiazole rings is 1. The molecule has 6 nitrogen and oxygen atoms in total. The van der Waals surface area contributed by atoms with Crippen LogP contribution < -0.4 is 5.43 Å². The third-order valence-corrected chi connectivity index (χ3v) is 6.28. The molecule has 0 atom stereocenters. The van der Waals surface area contributed by atoms with Gasteiger partial charge in [-0.2, -0.15) is 23.4 Å². The summed E-state index contributed by atoms with van der Waals surface area (Å²) in [4.78, 5) is 16.9. The zero-order valence-corrected chi connectivity index (χ0v) is 19.6. The minimum atomic E-state index is -4.64. The number of hydrogen-bond acceptors (Lipinski definition) is 5. The van der Waals surface area contributed by atoms with Crippen molar-refractivity contribution in [2.24, 2.45) is 5.10 Å². The topological polar surface area (TPSA) is 72.2 Å². The van der Waals surface area contributed by atoms with Crippen molar-refractivity contribution in [1.29, 1.82) is 0 Å².